The van der Waals surface area contributed by atoms with Gasteiger partial charge in [0.1, 0.15) is 0 Å². The van der Waals surface area contributed by atoms with Gasteiger partial charge in [0.05, 0.1) is 18.6 Å². The number of hydrogen-bond acceptors (Lipinski definition) is 2. The molecule has 1 aromatic carbocycles. The van der Waals surface area contributed by atoms with Crippen molar-refractivity contribution in [1.82, 2.24) is 4.57 Å². The number of ether oxygens (including phenoxy) is 1. The number of para-hydroxylation sites is 1. The molecular formula is C13H15NOS. The van der Waals surface area contributed by atoms with Crippen molar-refractivity contribution in [2.45, 2.75) is 5.41 Å². The topological polar surface area (TPSA) is 14.2 Å². The molecule has 0 saturated carbocycles. The molecule has 3 heteroatoms. The number of hydrogen-bond donors (Lipinski definition) is 1. The first-order valence-electron chi connectivity index (χ1n) is 5.50. The second kappa shape index (κ2) is 3.54. The van der Waals surface area contributed by atoms with E-state index in [4.69, 9.17) is 4.74 Å². The molecule has 2 heterocycles. The van der Waals surface area contributed by atoms with E-state index in [1.54, 1.807) is 0 Å². The van der Waals surface area contributed by atoms with Crippen LogP contribution in [0.5, 0.6) is 0 Å². The summed E-state index contributed by atoms with van der Waals surface area (Å²) in [7, 11) is 2.09. The summed E-state index contributed by atoms with van der Waals surface area (Å²) < 4.78 is 7.57. The third kappa shape index (κ3) is 1.25. The van der Waals surface area contributed by atoms with Gasteiger partial charge in [-0.1, -0.05) is 18.2 Å². The maximum absolute atomic E-state index is 5.38. The van der Waals surface area contributed by atoms with Gasteiger partial charge in [-0.05, 0) is 11.6 Å². The predicted octanol–water partition coefficient (Wildman–Crippen LogP) is 2.38. The molecule has 2 aromatic rings. The summed E-state index contributed by atoms with van der Waals surface area (Å²) in [5, 5.41) is 1.34. The summed E-state index contributed by atoms with van der Waals surface area (Å²) in [6.45, 7) is 1.59. The first-order valence-corrected chi connectivity index (χ1v) is 6.13. The van der Waals surface area contributed by atoms with Crippen molar-refractivity contribution < 1.29 is 4.74 Å². The van der Waals surface area contributed by atoms with E-state index >= 15 is 0 Å². The number of thiol groups is 1. The second-order valence-electron chi connectivity index (χ2n) is 4.60. The van der Waals surface area contributed by atoms with E-state index < -0.39 is 0 Å². The molecule has 0 radical (unpaired) electrons. The monoisotopic (exact) mass is 233 g/mol. The number of benzene rings is 1. The van der Waals surface area contributed by atoms with Crippen LogP contribution < -0.4 is 0 Å². The first kappa shape index (κ1) is 10.2. The zero-order valence-corrected chi connectivity index (χ0v) is 10.2. The molecule has 1 aliphatic rings. The van der Waals surface area contributed by atoms with E-state index in [1.807, 2.05) is 0 Å². The molecule has 0 spiro atoms. The van der Waals surface area contributed by atoms with Crippen LogP contribution in [0.25, 0.3) is 10.9 Å². The van der Waals surface area contributed by atoms with Crippen molar-refractivity contribution in [3.8, 4) is 0 Å². The smallest absolute Gasteiger partial charge is 0.0594 e. The number of nitrogens with zero attached hydrogens (tertiary/aromatic N) is 1. The van der Waals surface area contributed by atoms with Gasteiger partial charge < -0.3 is 9.30 Å². The largest absolute Gasteiger partial charge is 0.379 e. The van der Waals surface area contributed by atoms with Gasteiger partial charge in [0.25, 0.3) is 0 Å². The predicted molar refractivity (Wildman–Crippen MR) is 69.3 cm³/mol. The summed E-state index contributed by atoms with van der Waals surface area (Å²) in [4.78, 5) is 0. The Balaban J connectivity index is 2.24. The Morgan fingerprint density at radius 2 is 2.12 bits per heavy atom. The molecule has 1 aromatic heterocycles. The van der Waals surface area contributed by atoms with Gasteiger partial charge in [-0.3, -0.25) is 0 Å². The minimum absolute atomic E-state index is 0.129. The fraction of sp³-hybridized carbons (Fsp3) is 0.385. The summed E-state index contributed by atoms with van der Waals surface area (Å²) in [6.07, 6.45) is 2.23. The Morgan fingerprint density at radius 3 is 2.75 bits per heavy atom. The molecule has 3 rings (SSSR count). The number of aromatic nitrogens is 1. The average molecular weight is 233 g/mol. The van der Waals surface area contributed by atoms with Crippen molar-refractivity contribution in [3.05, 3.63) is 36.0 Å². The lowest BCUT2D eigenvalue weighted by atomic mass is 9.80. The van der Waals surface area contributed by atoms with Crippen LogP contribution in [0.3, 0.4) is 0 Å². The van der Waals surface area contributed by atoms with Gasteiger partial charge in [-0.15, -0.1) is 0 Å². The third-order valence-electron chi connectivity index (χ3n) is 3.53. The quantitative estimate of drug-likeness (QED) is 0.787. The van der Waals surface area contributed by atoms with E-state index in [1.165, 1.54) is 16.5 Å². The molecule has 1 saturated heterocycles. The molecule has 0 amide bonds. The van der Waals surface area contributed by atoms with E-state index in [2.05, 4.69) is 54.7 Å². The Labute approximate surface area is 101 Å². The van der Waals surface area contributed by atoms with Crippen LogP contribution in [0.2, 0.25) is 0 Å². The van der Waals surface area contributed by atoms with E-state index in [-0.39, 0.29) is 5.41 Å². The van der Waals surface area contributed by atoms with E-state index in [0.29, 0.717) is 0 Å². The number of fused-ring (bicyclic) bond motifs is 1. The highest BCUT2D eigenvalue weighted by Crippen LogP contribution is 2.38. The first-order chi connectivity index (χ1) is 7.77. The summed E-state index contributed by atoms with van der Waals surface area (Å²) in [6, 6.07) is 8.52. The number of rotatable bonds is 2. The minimum Gasteiger partial charge on any atom is -0.379 e. The highest BCUT2D eigenvalue weighted by Gasteiger charge is 2.40. The Bertz CT molecular complexity index is 522. The molecule has 16 heavy (non-hydrogen) atoms. The summed E-state index contributed by atoms with van der Waals surface area (Å²) >= 11 is 4.49. The highest BCUT2D eigenvalue weighted by atomic mass is 32.1. The van der Waals surface area contributed by atoms with Crippen LogP contribution >= 0.6 is 12.6 Å². The van der Waals surface area contributed by atoms with Crippen molar-refractivity contribution in [1.29, 1.82) is 0 Å². The molecule has 2 nitrogen and oxygen atoms in total. The molecule has 84 valence electrons. The zero-order valence-electron chi connectivity index (χ0n) is 9.31. The lowest BCUT2D eigenvalue weighted by Gasteiger charge is -2.40. The third-order valence-corrected chi connectivity index (χ3v) is 4.13. The molecular weight excluding hydrogens is 218 g/mol. The average Bonchev–Trinajstić information content (AvgIpc) is 2.58. The molecule has 1 fully saturated rings. The maximum atomic E-state index is 5.38. The van der Waals surface area contributed by atoms with Gasteiger partial charge in [-0.2, -0.15) is 12.6 Å². The highest BCUT2D eigenvalue weighted by molar-refractivity contribution is 7.80. The number of aryl methyl sites for hydroxylation is 1. The molecule has 0 aliphatic carbocycles. The van der Waals surface area contributed by atoms with Crippen LogP contribution in [0.1, 0.15) is 5.56 Å². The van der Waals surface area contributed by atoms with Gasteiger partial charge >= 0.3 is 0 Å². The zero-order chi connectivity index (χ0) is 11.2. The van der Waals surface area contributed by atoms with E-state index in [0.717, 1.165) is 19.0 Å². The van der Waals surface area contributed by atoms with Gasteiger partial charge in [0, 0.05) is 29.9 Å². The van der Waals surface area contributed by atoms with Gasteiger partial charge in [-0.25, -0.2) is 0 Å². The molecule has 0 unspecified atom stereocenters. The molecule has 0 N–H and O–H groups in total. The lowest BCUT2D eigenvalue weighted by Crippen LogP contribution is -2.48. The van der Waals surface area contributed by atoms with Crippen LogP contribution in [-0.2, 0) is 17.2 Å². The molecule has 1 aliphatic heterocycles. The van der Waals surface area contributed by atoms with Crippen LogP contribution in [0.4, 0.5) is 0 Å². The fourth-order valence-corrected chi connectivity index (χ4v) is 2.80. The van der Waals surface area contributed by atoms with Crippen LogP contribution in [0, 0.1) is 0 Å². The van der Waals surface area contributed by atoms with Gasteiger partial charge in [0.15, 0.2) is 0 Å². The van der Waals surface area contributed by atoms with E-state index in [9.17, 15) is 0 Å². The van der Waals surface area contributed by atoms with Crippen LogP contribution in [0.15, 0.2) is 30.5 Å². The standard InChI is InChI=1S/C13H15NOS/c1-14-6-11(13(9-16)7-15-8-13)10-4-2-3-5-12(10)14/h2-6,16H,7-9H2,1H3. The molecule has 0 bridgehead atoms. The lowest BCUT2D eigenvalue weighted by molar-refractivity contribution is -0.0464. The normalized spacial score (nSPS) is 18.6. The van der Waals surface area contributed by atoms with Crippen LogP contribution in [-0.4, -0.2) is 23.5 Å². The van der Waals surface area contributed by atoms with Crippen molar-refractivity contribution >= 4 is 23.5 Å². The summed E-state index contributed by atoms with van der Waals surface area (Å²) in [5.74, 6) is 0.848. The van der Waals surface area contributed by atoms with Gasteiger partial charge in [0.2, 0.25) is 0 Å². The Kier molecular flexibility index (Phi) is 2.26. The Hall–Kier alpha value is -0.930. The van der Waals surface area contributed by atoms with Crippen molar-refractivity contribution in [3.63, 3.8) is 0 Å². The minimum atomic E-state index is 0.129. The molecule has 0 atom stereocenters. The fourth-order valence-electron chi connectivity index (χ4n) is 2.44. The maximum Gasteiger partial charge on any atom is 0.0594 e. The Morgan fingerprint density at radius 1 is 1.38 bits per heavy atom. The second-order valence-corrected chi connectivity index (χ2v) is 4.92. The van der Waals surface area contributed by atoms with Crippen molar-refractivity contribution in [2.24, 2.45) is 7.05 Å². The summed E-state index contributed by atoms with van der Waals surface area (Å²) in [5.41, 5.74) is 2.79. The SMILES string of the molecule is Cn1cc(C2(CS)COC2)c2ccccc21. The van der Waals surface area contributed by atoms with Crippen molar-refractivity contribution in [2.75, 3.05) is 19.0 Å².